The van der Waals surface area contributed by atoms with Crippen LogP contribution < -0.4 is 0 Å². The standard InChI is InChI=1S/C42H24O2/c1-2-10-28-26(9-1)23-35(30-12-4-3-11-29(28)30)40-33-15-7-5-13-31(33)39(32-14-6-8-16-34(32)40)27-18-19-37-36(24-27)41-38(44-37)20-17-25-21-22-43-42(25)41/h1-24H. The lowest BCUT2D eigenvalue weighted by atomic mass is 9.83. The molecule has 0 saturated heterocycles. The summed E-state index contributed by atoms with van der Waals surface area (Å²) in [4.78, 5) is 0. The van der Waals surface area contributed by atoms with Crippen LogP contribution in [0.4, 0.5) is 0 Å². The molecule has 0 amide bonds. The van der Waals surface area contributed by atoms with Gasteiger partial charge in [0, 0.05) is 10.8 Å². The fraction of sp³-hybridized carbons (Fsp3) is 0. The molecule has 0 N–H and O–H groups in total. The highest BCUT2D eigenvalue weighted by atomic mass is 16.3. The zero-order chi connectivity index (χ0) is 28.8. The number of furan rings is 2. The van der Waals surface area contributed by atoms with Gasteiger partial charge in [-0.25, -0.2) is 0 Å². The van der Waals surface area contributed by atoms with E-state index in [9.17, 15) is 0 Å². The quantitative estimate of drug-likeness (QED) is 0.155. The van der Waals surface area contributed by atoms with Gasteiger partial charge in [0.25, 0.3) is 0 Å². The maximum atomic E-state index is 6.29. The van der Waals surface area contributed by atoms with Crippen molar-refractivity contribution in [3.05, 3.63) is 146 Å². The minimum absolute atomic E-state index is 0.841. The second-order valence-corrected chi connectivity index (χ2v) is 11.6. The smallest absolute Gasteiger partial charge is 0.145 e. The first-order valence-corrected chi connectivity index (χ1v) is 15.0. The van der Waals surface area contributed by atoms with Crippen LogP contribution in [0.5, 0.6) is 0 Å². The van der Waals surface area contributed by atoms with Crippen molar-refractivity contribution in [3.63, 3.8) is 0 Å². The van der Waals surface area contributed by atoms with E-state index in [2.05, 4.69) is 127 Å². The van der Waals surface area contributed by atoms with Crippen molar-refractivity contribution in [1.29, 1.82) is 0 Å². The van der Waals surface area contributed by atoms with Crippen LogP contribution in [0.15, 0.2) is 155 Å². The van der Waals surface area contributed by atoms with Gasteiger partial charge in [0.05, 0.1) is 11.6 Å². The molecule has 0 unspecified atom stereocenters. The average Bonchev–Trinajstić information content (AvgIpc) is 3.71. The van der Waals surface area contributed by atoms with Crippen molar-refractivity contribution in [2.24, 2.45) is 0 Å². The highest BCUT2D eigenvalue weighted by molar-refractivity contribution is 6.26. The van der Waals surface area contributed by atoms with Crippen molar-refractivity contribution in [2.75, 3.05) is 0 Å². The molecule has 0 bridgehead atoms. The van der Waals surface area contributed by atoms with Crippen LogP contribution in [0.3, 0.4) is 0 Å². The summed E-state index contributed by atoms with van der Waals surface area (Å²) < 4.78 is 12.2. The summed E-state index contributed by atoms with van der Waals surface area (Å²) in [7, 11) is 0. The lowest BCUT2D eigenvalue weighted by Crippen LogP contribution is -1.92. The molecule has 2 aromatic heterocycles. The maximum Gasteiger partial charge on any atom is 0.145 e. The normalized spacial score (nSPS) is 12.1. The van der Waals surface area contributed by atoms with Gasteiger partial charge in [-0.1, -0.05) is 103 Å². The number of benzene rings is 8. The van der Waals surface area contributed by atoms with Gasteiger partial charge in [-0.3, -0.25) is 0 Å². The second-order valence-electron chi connectivity index (χ2n) is 11.6. The van der Waals surface area contributed by atoms with Crippen molar-refractivity contribution in [2.45, 2.75) is 0 Å². The van der Waals surface area contributed by atoms with E-state index in [0.29, 0.717) is 0 Å². The molecule has 0 spiro atoms. The minimum Gasteiger partial charge on any atom is -0.464 e. The zero-order valence-corrected chi connectivity index (χ0v) is 23.7. The maximum absolute atomic E-state index is 6.29. The summed E-state index contributed by atoms with van der Waals surface area (Å²) >= 11 is 0. The Balaban J connectivity index is 1.35. The molecule has 204 valence electrons. The van der Waals surface area contributed by atoms with Gasteiger partial charge >= 0.3 is 0 Å². The van der Waals surface area contributed by atoms with Crippen molar-refractivity contribution in [3.8, 4) is 22.3 Å². The molecule has 44 heavy (non-hydrogen) atoms. The summed E-state index contributed by atoms with van der Waals surface area (Å²) in [5.41, 5.74) is 7.49. The van der Waals surface area contributed by atoms with Crippen LogP contribution in [-0.2, 0) is 0 Å². The molecular formula is C42H24O2. The molecule has 0 aliphatic heterocycles. The summed E-state index contributed by atoms with van der Waals surface area (Å²) in [5, 5.41) is 13.2. The predicted octanol–water partition coefficient (Wildman–Crippen LogP) is 12.3. The van der Waals surface area contributed by atoms with Gasteiger partial charge in [-0.2, -0.15) is 0 Å². The number of hydrogen-bond donors (Lipinski definition) is 0. The van der Waals surface area contributed by atoms with Crippen LogP contribution in [0.2, 0.25) is 0 Å². The highest BCUT2D eigenvalue weighted by Crippen LogP contribution is 2.47. The van der Waals surface area contributed by atoms with E-state index in [1.807, 2.05) is 12.1 Å². The third-order valence-corrected chi connectivity index (χ3v) is 9.31. The van der Waals surface area contributed by atoms with Gasteiger partial charge in [0.1, 0.15) is 16.7 Å². The minimum atomic E-state index is 0.841. The second kappa shape index (κ2) is 8.82. The van der Waals surface area contributed by atoms with E-state index >= 15 is 0 Å². The zero-order valence-electron chi connectivity index (χ0n) is 23.7. The Hall–Kier alpha value is -5.86. The molecule has 10 aromatic rings. The SMILES string of the molecule is c1ccc2c(c1)cc(-c1c3ccccc3c(-c3ccc4oc5ccc6ccoc6c5c4c3)c3ccccc13)c1ccccc12. The van der Waals surface area contributed by atoms with Gasteiger partial charge in [-0.05, 0) is 102 Å². The molecule has 0 aliphatic carbocycles. The van der Waals surface area contributed by atoms with Crippen LogP contribution in [0.1, 0.15) is 0 Å². The van der Waals surface area contributed by atoms with Crippen molar-refractivity contribution < 1.29 is 8.83 Å². The molecular weight excluding hydrogens is 536 g/mol. The van der Waals surface area contributed by atoms with Crippen LogP contribution >= 0.6 is 0 Å². The molecule has 0 atom stereocenters. The first-order chi connectivity index (χ1) is 21.8. The van der Waals surface area contributed by atoms with E-state index < -0.39 is 0 Å². The molecule has 8 aromatic carbocycles. The fourth-order valence-electron chi connectivity index (χ4n) is 7.43. The topological polar surface area (TPSA) is 26.3 Å². The van der Waals surface area contributed by atoms with Crippen LogP contribution in [-0.4, -0.2) is 0 Å². The van der Waals surface area contributed by atoms with Crippen molar-refractivity contribution >= 4 is 76.0 Å². The average molecular weight is 561 g/mol. The molecule has 0 saturated carbocycles. The number of hydrogen-bond acceptors (Lipinski definition) is 2. The Kier molecular flexibility index (Phi) is 4.75. The van der Waals surface area contributed by atoms with Crippen LogP contribution in [0, 0.1) is 0 Å². The Bertz CT molecular complexity index is 2720. The van der Waals surface area contributed by atoms with E-state index in [0.717, 1.165) is 38.5 Å². The lowest BCUT2D eigenvalue weighted by molar-refractivity contribution is 0.618. The third kappa shape index (κ3) is 3.20. The first kappa shape index (κ1) is 23.7. The van der Waals surface area contributed by atoms with Crippen molar-refractivity contribution in [1.82, 2.24) is 0 Å². The molecule has 2 nitrogen and oxygen atoms in total. The summed E-state index contributed by atoms with van der Waals surface area (Å²) in [5.74, 6) is 0. The Labute approximate surface area is 252 Å². The highest BCUT2D eigenvalue weighted by Gasteiger charge is 2.20. The van der Waals surface area contributed by atoms with Gasteiger partial charge in [0.2, 0.25) is 0 Å². The molecule has 0 aliphatic rings. The third-order valence-electron chi connectivity index (χ3n) is 9.31. The van der Waals surface area contributed by atoms with Gasteiger partial charge in [0.15, 0.2) is 0 Å². The first-order valence-electron chi connectivity index (χ1n) is 15.0. The van der Waals surface area contributed by atoms with E-state index in [-0.39, 0.29) is 0 Å². The molecule has 0 radical (unpaired) electrons. The fourth-order valence-corrected chi connectivity index (χ4v) is 7.43. The Morgan fingerprint density at radius 2 is 1.00 bits per heavy atom. The van der Waals surface area contributed by atoms with Crippen LogP contribution in [0.25, 0.3) is 98.3 Å². The molecule has 10 rings (SSSR count). The summed E-state index contributed by atoms with van der Waals surface area (Å²) in [6.07, 6.45) is 1.75. The summed E-state index contributed by atoms with van der Waals surface area (Å²) in [6, 6.07) is 50.3. The molecule has 2 heteroatoms. The van der Waals surface area contributed by atoms with E-state index in [1.165, 1.54) is 59.8 Å². The number of rotatable bonds is 2. The van der Waals surface area contributed by atoms with Gasteiger partial charge < -0.3 is 8.83 Å². The molecule has 0 fully saturated rings. The predicted molar refractivity (Wildman–Crippen MR) is 184 cm³/mol. The molecule has 2 heterocycles. The number of fused-ring (bicyclic) bond motifs is 10. The van der Waals surface area contributed by atoms with E-state index in [1.54, 1.807) is 6.26 Å². The monoisotopic (exact) mass is 560 g/mol. The summed E-state index contributed by atoms with van der Waals surface area (Å²) in [6.45, 7) is 0. The lowest BCUT2D eigenvalue weighted by Gasteiger charge is -2.19. The Morgan fingerprint density at radius 1 is 0.386 bits per heavy atom. The van der Waals surface area contributed by atoms with E-state index in [4.69, 9.17) is 8.83 Å². The van der Waals surface area contributed by atoms with Gasteiger partial charge in [-0.15, -0.1) is 0 Å². The Morgan fingerprint density at radius 3 is 1.75 bits per heavy atom. The largest absolute Gasteiger partial charge is 0.464 e.